The van der Waals surface area contributed by atoms with Crippen LogP contribution in [0.1, 0.15) is 57.9 Å². The molecule has 21 heavy (non-hydrogen) atoms. The monoisotopic (exact) mass is 293 g/mol. The van der Waals surface area contributed by atoms with Crippen LogP contribution in [0.25, 0.3) is 0 Å². The minimum atomic E-state index is -0.255. The third-order valence-electron chi connectivity index (χ3n) is 4.62. The highest BCUT2D eigenvalue weighted by molar-refractivity contribution is 5.30. The molecule has 0 spiro atoms. The number of hydrogen-bond acceptors (Lipinski definition) is 2. The molecule has 1 aliphatic rings. The lowest BCUT2D eigenvalue weighted by atomic mass is 9.85. The van der Waals surface area contributed by atoms with Gasteiger partial charge < -0.3 is 10.5 Å². The largest absolute Gasteiger partial charge is 0.487 e. The van der Waals surface area contributed by atoms with Gasteiger partial charge in [-0.25, -0.2) is 4.39 Å². The van der Waals surface area contributed by atoms with Gasteiger partial charge in [0.05, 0.1) is 6.10 Å². The summed E-state index contributed by atoms with van der Waals surface area (Å²) in [5.41, 5.74) is 6.87. The van der Waals surface area contributed by atoms with Crippen molar-refractivity contribution >= 4 is 0 Å². The van der Waals surface area contributed by atoms with E-state index in [1.165, 1.54) is 19.3 Å². The van der Waals surface area contributed by atoms with Crippen LogP contribution in [0.2, 0.25) is 0 Å². The maximum absolute atomic E-state index is 14.2. The lowest BCUT2D eigenvalue weighted by Crippen LogP contribution is -2.25. The van der Waals surface area contributed by atoms with E-state index in [1.54, 1.807) is 12.1 Å². The predicted molar refractivity (Wildman–Crippen MR) is 85.0 cm³/mol. The molecule has 2 rings (SSSR count). The van der Waals surface area contributed by atoms with Crippen LogP contribution in [-0.2, 0) is 6.42 Å². The van der Waals surface area contributed by atoms with Gasteiger partial charge in [0.2, 0.25) is 0 Å². The van der Waals surface area contributed by atoms with Crippen molar-refractivity contribution in [1.29, 1.82) is 0 Å². The molecule has 3 heteroatoms. The lowest BCUT2D eigenvalue weighted by Gasteiger charge is -2.29. The van der Waals surface area contributed by atoms with Crippen molar-refractivity contribution in [2.45, 2.75) is 70.9 Å². The summed E-state index contributed by atoms with van der Waals surface area (Å²) in [5, 5.41) is 0. The van der Waals surface area contributed by atoms with Gasteiger partial charge in [-0.3, -0.25) is 0 Å². The molecule has 1 fully saturated rings. The highest BCUT2D eigenvalue weighted by Crippen LogP contribution is 2.30. The van der Waals surface area contributed by atoms with Crippen LogP contribution in [0.3, 0.4) is 0 Å². The number of benzene rings is 1. The second-order valence-electron chi connectivity index (χ2n) is 6.32. The van der Waals surface area contributed by atoms with Crippen LogP contribution in [0, 0.1) is 11.7 Å². The predicted octanol–water partition coefficient (Wildman–Crippen LogP) is 4.45. The first-order valence-corrected chi connectivity index (χ1v) is 8.33. The third-order valence-corrected chi connectivity index (χ3v) is 4.62. The Labute approximate surface area is 127 Å². The van der Waals surface area contributed by atoms with Gasteiger partial charge in [-0.2, -0.15) is 0 Å². The number of hydrogen-bond donors (Lipinski definition) is 1. The van der Waals surface area contributed by atoms with Crippen molar-refractivity contribution < 1.29 is 9.13 Å². The second-order valence-corrected chi connectivity index (χ2v) is 6.32. The zero-order valence-corrected chi connectivity index (χ0v) is 13.3. The van der Waals surface area contributed by atoms with E-state index in [2.05, 4.69) is 6.92 Å². The summed E-state index contributed by atoms with van der Waals surface area (Å²) < 4.78 is 20.1. The topological polar surface area (TPSA) is 35.2 Å². The SMILES string of the molecule is CCC(N)Cc1ccc(OC2CCCC(CC)C2)c(F)c1. The Morgan fingerprint density at radius 1 is 1.33 bits per heavy atom. The number of nitrogens with two attached hydrogens (primary N) is 1. The first kappa shape index (κ1) is 16.3. The maximum atomic E-state index is 14.2. The molecule has 1 aromatic carbocycles. The van der Waals surface area contributed by atoms with Gasteiger partial charge in [0, 0.05) is 6.04 Å². The van der Waals surface area contributed by atoms with E-state index in [0.717, 1.165) is 37.2 Å². The highest BCUT2D eigenvalue weighted by atomic mass is 19.1. The summed E-state index contributed by atoms with van der Waals surface area (Å²) >= 11 is 0. The normalized spacial score (nSPS) is 23.8. The van der Waals surface area contributed by atoms with Crippen LogP contribution in [0.4, 0.5) is 4.39 Å². The standard InChI is InChI=1S/C18H28FNO/c1-3-13-6-5-7-16(11-13)21-18-9-8-14(12-17(18)19)10-15(20)4-2/h8-9,12-13,15-16H,3-7,10-11,20H2,1-2H3. The Bertz CT molecular complexity index is 449. The number of rotatable bonds is 6. The maximum Gasteiger partial charge on any atom is 0.165 e. The number of halogens is 1. The van der Waals surface area contributed by atoms with Gasteiger partial charge >= 0.3 is 0 Å². The fourth-order valence-electron chi connectivity index (χ4n) is 3.11. The zero-order chi connectivity index (χ0) is 15.2. The van der Waals surface area contributed by atoms with E-state index in [-0.39, 0.29) is 18.0 Å². The van der Waals surface area contributed by atoms with E-state index >= 15 is 0 Å². The molecule has 0 radical (unpaired) electrons. The Hall–Kier alpha value is -1.09. The molecule has 1 saturated carbocycles. The van der Waals surface area contributed by atoms with Crippen molar-refractivity contribution in [2.24, 2.45) is 11.7 Å². The van der Waals surface area contributed by atoms with Gasteiger partial charge in [-0.05, 0) is 55.7 Å². The van der Waals surface area contributed by atoms with E-state index in [9.17, 15) is 4.39 Å². The molecule has 0 bridgehead atoms. The Morgan fingerprint density at radius 2 is 2.14 bits per heavy atom. The van der Waals surface area contributed by atoms with Gasteiger partial charge in [0.25, 0.3) is 0 Å². The van der Waals surface area contributed by atoms with Gasteiger partial charge in [-0.15, -0.1) is 0 Å². The van der Waals surface area contributed by atoms with Crippen molar-refractivity contribution in [3.8, 4) is 5.75 Å². The van der Waals surface area contributed by atoms with E-state index in [1.807, 2.05) is 13.0 Å². The Balaban J connectivity index is 1.97. The molecule has 0 saturated heterocycles. The average Bonchev–Trinajstić information content (AvgIpc) is 2.50. The first-order chi connectivity index (χ1) is 10.1. The minimum Gasteiger partial charge on any atom is -0.487 e. The molecule has 2 N–H and O–H groups in total. The smallest absolute Gasteiger partial charge is 0.165 e. The van der Waals surface area contributed by atoms with Crippen LogP contribution in [0.15, 0.2) is 18.2 Å². The molecule has 1 aromatic rings. The van der Waals surface area contributed by atoms with Crippen molar-refractivity contribution in [2.75, 3.05) is 0 Å². The molecule has 3 atom stereocenters. The van der Waals surface area contributed by atoms with Crippen molar-refractivity contribution in [1.82, 2.24) is 0 Å². The fraction of sp³-hybridized carbons (Fsp3) is 0.667. The first-order valence-electron chi connectivity index (χ1n) is 8.33. The molecule has 3 unspecified atom stereocenters. The van der Waals surface area contributed by atoms with E-state index in [0.29, 0.717) is 5.75 Å². The average molecular weight is 293 g/mol. The zero-order valence-electron chi connectivity index (χ0n) is 13.3. The number of ether oxygens (including phenoxy) is 1. The summed E-state index contributed by atoms with van der Waals surface area (Å²) in [4.78, 5) is 0. The van der Waals surface area contributed by atoms with Crippen LogP contribution < -0.4 is 10.5 Å². The van der Waals surface area contributed by atoms with E-state index in [4.69, 9.17) is 10.5 Å². The summed E-state index contributed by atoms with van der Waals surface area (Å²) in [6.45, 7) is 4.27. The van der Waals surface area contributed by atoms with Gasteiger partial charge in [0.1, 0.15) is 0 Å². The molecule has 1 aliphatic carbocycles. The molecule has 0 amide bonds. The van der Waals surface area contributed by atoms with Gasteiger partial charge in [0.15, 0.2) is 11.6 Å². The van der Waals surface area contributed by atoms with Crippen LogP contribution in [0.5, 0.6) is 5.75 Å². The quantitative estimate of drug-likeness (QED) is 0.841. The Kier molecular flexibility index (Phi) is 6.04. The second kappa shape index (κ2) is 7.79. The van der Waals surface area contributed by atoms with E-state index < -0.39 is 0 Å². The minimum absolute atomic E-state index is 0.0971. The van der Waals surface area contributed by atoms with Crippen molar-refractivity contribution in [3.63, 3.8) is 0 Å². The lowest BCUT2D eigenvalue weighted by molar-refractivity contribution is 0.117. The fourth-order valence-corrected chi connectivity index (χ4v) is 3.11. The van der Waals surface area contributed by atoms with Crippen molar-refractivity contribution in [3.05, 3.63) is 29.6 Å². The third kappa shape index (κ3) is 4.70. The Morgan fingerprint density at radius 3 is 2.81 bits per heavy atom. The van der Waals surface area contributed by atoms with Crippen LogP contribution >= 0.6 is 0 Å². The molecular weight excluding hydrogens is 265 g/mol. The van der Waals surface area contributed by atoms with Gasteiger partial charge in [-0.1, -0.05) is 32.8 Å². The molecule has 118 valence electrons. The highest BCUT2D eigenvalue weighted by Gasteiger charge is 2.23. The summed E-state index contributed by atoms with van der Waals surface area (Å²) in [6.07, 6.45) is 7.55. The summed E-state index contributed by atoms with van der Waals surface area (Å²) in [6, 6.07) is 5.38. The molecule has 0 aliphatic heterocycles. The molecule has 0 aromatic heterocycles. The van der Waals surface area contributed by atoms with Crippen LogP contribution in [-0.4, -0.2) is 12.1 Å². The molecular formula is C18H28FNO. The molecule has 2 nitrogen and oxygen atoms in total. The summed E-state index contributed by atoms with van der Waals surface area (Å²) in [5.74, 6) is 0.869. The molecule has 0 heterocycles. The summed E-state index contributed by atoms with van der Waals surface area (Å²) in [7, 11) is 0.